The molecule has 0 bridgehead atoms. The van der Waals surface area contributed by atoms with E-state index in [2.05, 4.69) is 9.80 Å². The third-order valence-corrected chi connectivity index (χ3v) is 4.62. The van der Waals surface area contributed by atoms with E-state index < -0.39 is 0 Å². The Labute approximate surface area is 119 Å². The van der Waals surface area contributed by atoms with E-state index >= 15 is 0 Å². The number of benzene rings is 1. The highest BCUT2D eigenvalue weighted by Crippen LogP contribution is 2.30. The Morgan fingerprint density at radius 1 is 1.21 bits per heavy atom. The number of rotatable bonds is 2. The van der Waals surface area contributed by atoms with E-state index in [1.54, 1.807) is 12.1 Å². The third-order valence-electron chi connectivity index (χ3n) is 4.33. The van der Waals surface area contributed by atoms with Gasteiger partial charge in [0.15, 0.2) is 0 Å². The zero-order valence-electron chi connectivity index (χ0n) is 11.1. The quantitative estimate of drug-likeness (QED) is 0.769. The van der Waals surface area contributed by atoms with E-state index in [9.17, 15) is 4.39 Å². The van der Waals surface area contributed by atoms with Gasteiger partial charge in [-0.1, -0.05) is 12.1 Å². The van der Waals surface area contributed by atoms with Gasteiger partial charge in [0.1, 0.15) is 5.82 Å². The van der Waals surface area contributed by atoms with Crippen molar-refractivity contribution in [2.75, 3.05) is 31.1 Å². The molecule has 1 unspecified atom stereocenters. The van der Waals surface area contributed by atoms with Crippen molar-refractivity contribution in [1.82, 2.24) is 4.90 Å². The predicted octanol–water partition coefficient (Wildman–Crippen LogP) is 3.24. The first-order valence-corrected chi connectivity index (χ1v) is 7.65. The van der Waals surface area contributed by atoms with Crippen LogP contribution in [-0.2, 0) is 5.88 Å². The summed E-state index contributed by atoms with van der Waals surface area (Å²) in [5.74, 6) is 0.238. The van der Waals surface area contributed by atoms with Gasteiger partial charge in [0.25, 0.3) is 0 Å². The summed E-state index contributed by atoms with van der Waals surface area (Å²) < 4.78 is 14.2. The molecule has 2 aliphatic heterocycles. The molecule has 1 atom stereocenters. The van der Waals surface area contributed by atoms with Gasteiger partial charge < -0.3 is 4.90 Å². The van der Waals surface area contributed by atoms with Crippen molar-refractivity contribution >= 4 is 17.3 Å². The summed E-state index contributed by atoms with van der Waals surface area (Å²) in [7, 11) is 0. The van der Waals surface area contributed by atoms with E-state index in [0.717, 1.165) is 37.3 Å². The zero-order valence-corrected chi connectivity index (χ0v) is 11.9. The molecule has 104 valence electrons. The third kappa shape index (κ3) is 2.59. The summed E-state index contributed by atoms with van der Waals surface area (Å²) in [6.07, 6.45) is 3.62. The Hall–Kier alpha value is -0.800. The molecule has 0 spiro atoms. The van der Waals surface area contributed by atoms with Crippen LogP contribution >= 0.6 is 11.6 Å². The first kappa shape index (κ1) is 13.2. The molecule has 1 aromatic rings. The number of anilines is 1. The summed E-state index contributed by atoms with van der Waals surface area (Å²) in [5.41, 5.74) is 1.64. The minimum absolute atomic E-state index is 0.135. The van der Waals surface area contributed by atoms with E-state index in [0.29, 0.717) is 11.9 Å². The predicted molar refractivity (Wildman–Crippen MR) is 77.4 cm³/mol. The Balaban J connectivity index is 1.88. The van der Waals surface area contributed by atoms with Crippen LogP contribution in [0.4, 0.5) is 10.1 Å². The zero-order chi connectivity index (χ0) is 13.2. The Kier molecular flexibility index (Phi) is 3.94. The fraction of sp³-hybridized carbons (Fsp3) is 0.600. The number of hydrogen-bond donors (Lipinski definition) is 0. The van der Waals surface area contributed by atoms with Gasteiger partial charge in [-0.05, 0) is 37.4 Å². The molecule has 0 N–H and O–H groups in total. The molecule has 0 amide bonds. The minimum atomic E-state index is -0.135. The van der Waals surface area contributed by atoms with Crippen LogP contribution in [0, 0.1) is 5.82 Å². The van der Waals surface area contributed by atoms with Gasteiger partial charge >= 0.3 is 0 Å². The molecule has 2 aliphatic rings. The molecule has 4 heteroatoms. The highest BCUT2D eigenvalue weighted by molar-refractivity contribution is 6.17. The molecule has 2 nitrogen and oxygen atoms in total. The lowest BCUT2D eigenvalue weighted by Gasteiger charge is -2.29. The number of hydrogen-bond acceptors (Lipinski definition) is 2. The Morgan fingerprint density at radius 3 is 2.89 bits per heavy atom. The molecule has 0 radical (unpaired) electrons. The largest absolute Gasteiger partial charge is 0.367 e. The summed E-state index contributed by atoms with van der Waals surface area (Å²) in [5, 5.41) is 0. The topological polar surface area (TPSA) is 6.48 Å². The van der Waals surface area contributed by atoms with Gasteiger partial charge in [0.2, 0.25) is 0 Å². The lowest BCUT2D eigenvalue weighted by atomic mass is 10.1. The van der Waals surface area contributed by atoms with Crippen molar-refractivity contribution in [1.29, 1.82) is 0 Å². The highest BCUT2D eigenvalue weighted by atomic mass is 35.5. The monoisotopic (exact) mass is 282 g/mol. The van der Waals surface area contributed by atoms with Crippen molar-refractivity contribution < 1.29 is 4.39 Å². The molecule has 1 aromatic carbocycles. The summed E-state index contributed by atoms with van der Waals surface area (Å²) in [6.45, 7) is 4.21. The maximum absolute atomic E-state index is 14.2. The molecule has 2 heterocycles. The number of nitrogens with zero attached hydrogens (tertiary/aromatic N) is 2. The van der Waals surface area contributed by atoms with E-state index in [4.69, 9.17) is 11.6 Å². The van der Waals surface area contributed by atoms with Gasteiger partial charge in [-0.25, -0.2) is 4.39 Å². The fourth-order valence-electron chi connectivity index (χ4n) is 3.43. The number of alkyl halides is 1. The maximum Gasteiger partial charge on any atom is 0.146 e. The molecule has 2 fully saturated rings. The van der Waals surface area contributed by atoms with E-state index in [-0.39, 0.29) is 5.82 Å². The van der Waals surface area contributed by atoms with E-state index in [1.807, 2.05) is 6.07 Å². The molecule has 0 aliphatic carbocycles. The molecule has 0 aromatic heterocycles. The molecule has 19 heavy (non-hydrogen) atoms. The number of fused-ring (bicyclic) bond motifs is 1. The van der Waals surface area contributed by atoms with Gasteiger partial charge in [-0.15, -0.1) is 11.6 Å². The first-order chi connectivity index (χ1) is 9.29. The molecular formula is C15H20ClFN2. The number of halogens is 2. The highest BCUT2D eigenvalue weighted by Gasteiger charge is 2.30. The van der Waals surface area contributed by atoms with Crippen LogP contribution in [0.2, 0.25) is 0 Å². The van der Waals surface area contributed by atoms with Crippen LogP contribution in [0.5, 0.6) is 0 Å². The first-order valence-electron chi connectivity index (χ1n) is 7.12. The molecule has 0 saturated carbocycles. The van der Waals surface area contributed by atoms with Crippen molar-refractivity contribution in [3.8, 4) is 0 Å². The second-order valence-corrected chi connectivity index (χ2v) is 5.78. The molecule has 3 rings (SSSR count). The average molecular weight is 283 g/mol. The van der Waals surface area contributed by atoms with Crippen molar-refractivity contribution in [2.24, 2.45) is 0 Å². The SMILES string of the molecule is Fc1cccc(CCl)c1N1CCCN2CCCC2C1. The lowest BCUT2D eigenvalue weighted by Crippen LogP contribution is -2.37. The minimum Gasteiger partial charge on any atom is -0.367 e. The van der Waals surface area contributed by atoms with E-state index in [1.165, 1.54) is 19.4 Å². The normalized spacial score (nSPS) is 24.3. The van der Waals surface area contributed by atoms with Crippen molar-refractivity contribution in [3.63, 3.8) is 0 Å². The second kappa shape index (κ2) is 5.68. The van der Waals surface area contributed by atoms with Crippen LogP contribution in [0.3, 0.4) is 0 Å². The van der Waals surface area contributed by atoms with Crippen LogP contribution in [0.15, 0.2) is 18.2 Å². The van der Waals surface area contributed by atoms with Gasteiger partial charge in [0.05, 0.1) is 5.69 Å². The van der Waals surface area contributed by atoms with Crippen LogP contribution < -0.4 is 4.90 Å². The lowest BCUT2D eigenvalue weighted by molar-refractivity contribution is 0.273. The Morgan fingerprint density at radius 2 is 2.05 bits per heavy atom. The summed E-state index contributed by atoms with van der Waals surface area (Å²) in [6, 6.07) is 5.81. The van der Waals surface area contributed by atoms with Crippen LogP contribution in [0.1, 0.15) is 24.8 Å². The van der Waals surface area contributed by atoms with Gasteiger partial charge in [-0.2, -0.15) is 0 Å². The smallest absolute Gasteiger partial charge is 0.146 e. The standard InChI is InChI=1S/C15H20ClFN2/c16-10-12-4-1-6-14(17)15(12)19-9-3-8-18-7-2-5-13(18)11-19/h1,4,6,13H,2-3,5,7-11H2. The maximum atomic E-state index is 14.2. The van der Waals surface area contributed by atoms with Gasteiger partial charge in [-0.3, -0.25) is 4.90 Å². The van der Waals surface area contributed by atoms with Crippen LogP contribution in [-0.4, -0.2) is 37.1 Å². The number of para-hydroxylation sites is 1. The molecular weight excluding hydrogens is 263 g/mol. The van der Waals surface area contributed by atoms with Gasteiger partial charge in [0, 0.05) is 31.6 Å². The molecule has 2 saturated heterocycles. The van der Waals surface area contributed by atoms with Crippen LogP contribution in [0.25, 0.3) is 0 Å². The van der Waals surface area contributed by atoms with Crippen molar-refractivity contribution in [3.05, 3.63) is 29.6 Å². The van der Waals surface area contributed by atoms with Crippen molar-refractivity contribution in [2.45, 2.75) is 31.2 Å². The summed E-state index contributed by atoms with van der Waals surface area (Å²) in [4.78, 5) is 4.77. The average Bonchev–Trinajstić information content (AvgIpc) is 2.76. The Bertz CT molecular complexity index is 452. The second-order valence-electron chi connectivity index (χ2n) is 5.51. The summed E-state index contributed by atoms with van der Waals surface area (Å²) >= 11 is 5.97. The fourth-order valence-corrected chi connectivity index (χ4v) is 3.65.